The fourth-order valence-electron chi connectivity index (χ4n) is 7.23. The van der Waals surface area contributed by atoms with Gasteiger partial charge < -0.3 is 15.0 Å². The molecular weight excluding hydrogens is 1020 g/mol. The largest absolute Gasteiger partial charge is 3.00 e. The second kappa shape index (κ2) is 15.9. The quantitative estimate of drug-likeness (QED) is 0.0376. The molecule has 0 amide bonds. The van der Waals surface area contributed by atoms with Gasteiger partial charge in [0, 0.05) is 27.7 Å². The summed E-state index contributed by atoms with van der Waals surface area (Å²) in [6.07, 6.45) is -1.87. The number of hydrogen-bond acceptors (Lipinski definition) is 5. The standard InChI is InChI=1S/C37H13F15N4O6S2.Ga/c38-21-18(22(39)28(45)33(50)27(21)44)15-7-1-2-9(53-7)16(19-23(40)29(46)34(51)30(47)24(19)41)11-5-13(63(57,58)59)36(55-11)12-6-14(64(60,61)62)37(56-12)17(10-4-3-8(15)54-10)20-25(42)31(48)35(52)32(49)26(20)43;/h1-2,5-6,53,55-56H,3-4H2,(H,57,58,59)(H,60,61,62);/q;+3. The summed E-state index contributed by atoms with van der Waals surface area (Å²) in [6.45, 7) is 0. The first-order chi connectivity index (χ1) is 29.8. The Kier molecular flexibility index (Phi) is 11.5. The zero-order chi connectivity index (χ0) is 47.0. The van der Waals surface area contributed by atoms with Crippen LogP contribution in [0.4, 0.5) is 65.9 Å². The van der Waals surface area contributed by atoms with Gasteiger partial charge in [-0.15, -0.1) is 0 Å². The van der Waals surface area contributed by atoms with E-state index in [-0.39, 0.29) is 31.9 Å². The Hall–Kier alpha value is -5.94. The molecule has 8 bridgehead atoms. The van der Waals surface area contributed by atoms with E-state index >= 15 is 26.3 Å². The van der Waals surface area contributed by atoms with Gasteiger partial charge in [-0.3, -0.25) is 14.1 Å². The molecule has 0 saturated heterocycles. The molecule has 0 radical (unpaired) electrons. The maximum atomic E-state index is 15.8. The van der Waals surface area contributed by atoms with E-state index in [4.69, 9.17) is 0 Å². The number of benzene rings is 3. The Bertz CT molecular complexity index is 3570. The third-order valence-corrected chi connectivity index (χ3v) is 11.7. The smallest absolute Gasteiger partial charge is 0.354 e. The maximum absolute atomic E-state index is 15.8. The molecule has 0 fully saturated rings. The van der Waals surface area contributed by atoms with Gasteiger partial charge in [0.15, 0.2) is 69.8 Å². The van der Waals surface area contributed by atoms with Gasteiger partial charge in [-0.2, -0.15) is 16.8 Å². The van der Waals surface area contributed by atoms with Crippen molar-refractivity contribution in [2.24, 2.45) is 0 Å². The van der Waals surface area contributed by atoms with Crippen molar-refractivity contribution in [3.63, 3.8) is 0 Å². The van der Waals surface area contributed by atoms with Crippen molar-refractivity contribution in [2.45, 2.75) is 22.6 Å². The second-order valence-electron chi connectivity index (χ2n) is 13.5. The van der Waals surface area contributed by atoms with Gasteiger partial charge >= 0.3 is 19.8 Å². The summed E-state index contributed by atoms with van der Waals surface area (Å²) in [5, 5.41) is 0. The molecule has 5 N–H and O–H groups in total. The van der Waals surface area contributed by atoms with E-state index in [1.165, 1.54) is 0 Å². The summed E-state index contributed by atoms with van der Waals surface area (Å²) in [7, 11) is -11.7. The van der Waals surface area contributed by atoms with Gasteiger partial charge in [-0.1, -0.05) is 0 Å². The average Bonchev–Trinajstić information content (AvgIpc) is 4.07. The Morgan fingerprint density at radius 3 is 1.11 bits per heavy atom. The molecule has 0 aliphatic carbocycles. The molecule has 0 spiro atoms. The molecule has 1 aliphatic rings. The Labute approximate surface area is 362 Å². The Morgan fingerprint density at radius 2 is 0.692 bits per heavy atom. The van der Waals surface area contributed by atoms with Crippen LogP contribution in [0.5, 0.6) is 0 Å². The molecule has 65 heavy (non-hydrogen) atoms. The second-order valence-corrected chi connectivity index (χ2v) is 16.3. The number of aromatic amines is 3. The van der Waals surface area contributed by atoms with Crippen LogP contribution in [-0.2, 0) is 33.1 Å². The zero-order valence-corrected chi connectivity index (χ0v) is 34.8. The van der Waals surface area contributed by atoms with Gasteiger partial charge in [-0.25, -0.2) is 65.9 Å². The summed E-state index contributed by atoms with van der Waals surface area (Å²) < 4.78 is 299. The summed E-state index contributed by atoms with van der Waals surface area (Å²) in [5.41, 5.74) is -18.8. The van der Waals surface area contributed by atoms with Crippen molar-refractivity contribution in [3.05, 3.63) is 123 Å². The van der Waals surface area contributed by atoms with Crippen molar-refractivity contribution in [1.82, 2.24) is 19.9 Å². The average molecular weight is 1030 g/mol. The molecule has 7 aromatic rings. The number of hydrogen-bond donors (Lipinski definition) is 5. The minimum Gasteiger partial charge on any atom is -0.354 e. The van der Waals surface area contributed by atoms with Crippen LogP contribution in [0.25, 0.3) is 66.5 Å². The van der Waals surface area contributed by atoms with Crippen LogP contribution in [0.3, 0.4) is 0 Å². The van der Waals surface area contributed by atoms with Crippen LogP contribution in [0.15, 0.2) is 34.1 Å². The zero-order valence-electron chi connectivity index (χ0n) is 30.8. The number of halogens is 15. The SMILES string of the molecule is O=S(=O)(O)c1cc2[nH]c1c(-c1c(F)c(F)c(F)c(F)c1F)c1nc(c(-c3c(F)c(F)c(F)c(F)c3F)c3ccc([nH]3)c(-c3c(F)c(F)c(F)c(F)c3F)c3cc(S(=O)(=O)O)c2[nH]3)CC1.[Ga+3]. The van der Waals surface area contributed by atoms with E-state index in [1.54, 1.807) is 0 Å². The van der Waals surface area contributed by atoms with Crippen LogP contribution in [-0.4, -0.2) is 65.7 Å². The van der Waals surface area contributed by atoms with Crippen molar-refractivity contribution in [1.29, 1.82) is 0 Å². The van der Waals surface area contributed by atoms with Crippen LogP contribution in [0.1, 0.15) is 11.4 Å². The third kappa shape index (κ3) is 7.12. The van der Waals surface area contributed by atoms with E-state index in [9.17, 15) is 65.5 Å². The topological polar surface area (TPSA) is 169 Å². The van der Waals surface area contributed by atoms with Gasteiger partial charge in [0.1, 0.15) is 9.79 Å². The predicted octanol–water partition coefficient (Wildman–Crippen LogP) is 9.51. The van der Waals surface area contributed by atoms with Crippen molar-refractivity contribution < 1.29 is 91.8 Å². The predicted molar refractivity (Wildman–Crippen MR) is 195 cm³/mol. The number of nitrogens with one attached hydrogen (secondary N) is 3. The first kappa shape index (κ1) is 47.0. The van der Waals surface area contributed by atoms with Gasteiger partial charge in [0.2, 0.25) is 17.5 Å². The number of H-pyrrole nitrogens is 3. The number of rotatable bonds is 5. The molecule has 0 unspecified atom stereocenters. The Balaban J connectivity index is 0.00000630. The Morgan fingerprint density at radius 1 is 0.385 bits per heavy atom. The molecule has 0 saturated carbocycles. The normalized spacial score (nSPS) is 12.7. The minimum absolute atomic E-state index is 0. The van der Waals surface area contributed by atoms with E-state index < -0.39 is 208 Å². The molecule has 3 aromatic carbocycles. The fourth-order valence-corrected chi connectivity index (χ4v) is 8.59. The monoisotopic (exact) mass is 1030 g/mol. The summed E-state index contributed by atoms with van der Waals surface area (Å²) >= 11 is 0. The summed E-state index contributed by atoms with van der Waals surface area (Å²) in [6, 6.07) is 1.65. The van der Waals surface area contributed by atoms with E-state index in [1.807, 2.05) is 4.98 Å². The molecule has 8 rings (SSSR count). The van der Waals surface area contributed by atoms with Gasteiger partial charge in [0.25, 0.3) is 20.2 Å². The third-order valence-electron chi connectivity index (χ3n) is 9.96. The molecule has 0 atom stereocenters. The molecule has 1 aliphatic heterocycles. The number of aromatic nitrogens is 4. The van der Waals surface area contributed by atoms with Crippen LogP contribution in [0, 0.1) is 87.3 Å². The molecule has 10 nitrogen and oxygen atoms in total. The molecular formula is C37H13F15GaN4O6S2+3. The first-order valence-electron chi connectivity index (χ1n) is 17.0. The van der Waals surface area contributed by atoms with Crippen molar-refractivity contribution in [3.8, 4) is 33.4 Å². The number of nitrogens with zero attached hydrogens (tertiary/aromatic N) is 1. The summed E-state index contributed by atoms with van der Waals surface area (Å²) in [4.78, 5) is 7.15. The van der Waals surface area contributed by atoms with Crippen LogP contribution in [0.2, 0.25) is 0 Å². The van der Waals surface area contributed by atoms with Crippen molar-refractivity contribution >= 4 is 73.1 Å². The molecule has 5 heterocycles. The van der Waals surface area contributed by atoms with Crippen molar-refractivity contribution in [2.75, 3.05) is 0 Å². The molecule has 28 heteroatoms. The molecule has 334 valence electrons. The first-order valence-corrected chi connectivity index (χ1v) is 19.9. The van der Waals surface area contributed by atoms with Crippen LogP contribution >= 0.6 is 0 Å². The summed E-state index contributed by atoms with van der Waals surface area (Å²) in [5.74, 6) is -40.2. The van der Waals surface area contributed by atoms with Gasteiger partial charge in [-0.05, 0) is 37.1 Å². The van der Waals surface area contributed by atoms with Gasteiger partial charge in [0.05, 0.1) is 50.1 Å². The van der Waals surface area contributed by atoms with E-state index in [2.05, 4.69) is 15.0 Å². The fraction of sp³-hybridized carbons (Fsp3) is 0.0541. The number of aryl methyl sites for hydroxylation is 2. The van der Waals surface area contributed by atoms with E-state index in [0.29, 0.717) is 12.1 Å². The van der Waals surface area contributed by atoms with Crippen LogP contribution < -0.4 is 0 Å². The maximum Gasteiger partial charge on any atom is 3.00 e. The minimum atomic E-state index is -5.90. The molecule has 4 aromatic heterocycles. The van der Waals surface area contributed by atoms with E-state index in [0.717, 1.165) is 0 Å². The number of fused-ring (bicyclic) bond motifs is 9.